The predicted molar refractivity (Wildman–Crippen MR) is 75.6 cm³/mol. The summed E-state index contributed by atoms with van der Waals surface area (Å²) in [6.45, 7) is 2.14. The van der Waals surface area contributed by atoms with Crippen LogP contribution in [0, 0.1) is 0 Å². The average Bonchev–Trinajstić information content (AvgIpc) is 2.48. The normalized spacial score (nSPS) is 18.3. The summed E-state index contributed by atoms with van der Waals surface area (Å²) in [5.41, 5.74) is 3.34. The summed E-state index contributed by atoms with van der Waals surface area (Å²) in [4.78, 5) is 9.23. The molecule has 0 bridgehead atoms. The van der Waals surface area contributed by atoms with Crippen molar-refractivity contribution in [1.29, 1.82) is 0 Å². The van der Waals surface area contributed by atoms with E-state index in [1.165, 1.54) is 19.3 Å². The first kappa shape index (κ1) is 14.2. The minimum Gasteiger partial charge on any atom is -0.370 e. The second kappa shape index (κ2) is 6.30. The molecule has 3 N–H and O–H groups in total. The maximum absolute atomic E-state index is 5.80. The lowest BCUT2D eigenvalue weighted by Gasteiger charge is -2.34. The van der Waals surface area contributed by atoms with Gasteiger partial charge in [0.1, 0.15) is 11.4 Å². The highest BCUT2D eigenvalue weighted by atomic mass is 16.5. The number of nitrogens with zero attached hydrogens (tertiary/aromatic N) is 2. The van der Waals surface area contributed by atoms with Gasteiger partial charge in [0.15, 0.2) is 5.82 Å². The summed E-state index contributed by atoms with van der Waals surface area (Å²) in [5, 5.41) is 0. The molecule has 19 heavy (non-hydrogen) atoms. The van der Waals surface area contributed by atoms with E-state index in [-0.39, 0.29) is 5.60 Å². The quantitative estimate of drug-likeness (QED) is 0.631. The van der Waals surface area contributed by atoms with E-state index in [2.05, 4.69) is 17.3 Å². The zero-order valence-electron chi connectivity index (χ0n) is 11.9. The van der Waals surface area contributed by atoms with E-state index in [1.807, 2.05) is 6.07 Å². The number of hydrogen-bond acceptors (Lipinski definition) is 5. The van der Waals surface area contributed by atoms with Gasteiger partial charge in [0, 0.05) is 18.9 Å². The molecule has 0 radical (unpaired) electrons. The molecule has 0 aliphatic heterocycles. The molecule has 1 aliphatic rings. The molecule has 1 aromatic heterocycles. The Morgan fingerprint density at radius 1 is 1.32 bits per heavy atom. The van der Waals surface area contributed by atoms with Crippen LogP contribution in [-0.4, -0.2) is 17.1 Å². The summed E-state index contributed by atoms with van der Waals surface area (Å²) in [6.07, 6.45) is 7.57. The van der Waals surface area contributed by atoms with Crippen molar-refractivity contribution >= 4 is 5.82 Å². The minimum absolute atomic E-state index is 0.326. The Balaban J connectivity index is 2.37. The average molecular weight is 264 g/mol. The van der Waals surface area contributed by atoms with E-state index in [1.54, 1.807) is 7.11 Å². The molecular formula is C14H24N4O. The lowest BCUT2D eigenvalue weighted by molar-refractivity contribution is -0.0515. The molecule has 106 valence electrons. The molecule has 5 heteroatoms. The molecular weight excluding hydrogens is 240 g/mol. The summed E-state index contributed by atoms with van der Waals surface area (Å²) in [7, 11) is 1.76. The number of hydrazine groups is 1. The number of nitrogen functional groups attached to an aromatic ring is 1. The Kier molecular flexibility index (Phi) is 4.71. The summed E-state index contributed by atoms with van der Waals surface area (Å²) >= 11 is 0. The topological polar surface area (TPSA) is 73.1 Å². The Hall–Kier alpha value is -1.20. The van der Waals surface area contributed by atoms with Gasteiger partial charge in [-0.1, -0.05) is 32.6 Å². The molecule has 1 saturated carbocycles. The minimum atomic E-state index is -0.326. The van der Waals surface area contributed by atoms with Crippen molar-refractivity contribution < 1.29 is 4.74 Å². The van der Waals surface area contributed by atoms with Gasteiger partial charge in [-0.05, 0) is 19.3 Å². The Morgan fingerprint density at radius 2 is 2.05 bits per heavy atom. The number of ether oxygens (including phenoxy) is 1. The van der Waals surface area contributed by atoms with E-state index >= 15 is 0 Å². The van der Waals surface area contributed by atoms with Crippen molar-refractivity contribution in [3.63, 3.8) is 0 Å². The number of methoxy groups -OCH3 is 1. The molecule has 0 saturated heterocycles. The highest BCUT2D eigenvalue weighted by Gasteiger charge is 2.37. The smallest absolute Gasteiger partial charge is 0.162 e. The number of rotatable bonds is 5. The SMILES string of the molecule is CCCc1cc(NN)nc(C2(OC)CCCCC2)n1. The highest BCUT2D eigenvalue weighted by Crippen LogP contribution is 2.38. The molecule has 0 amide bonds. The van der Waals surface area contributed by atoms with Gasteiger partial charge in [0.2, 0.25) is 0 Å². The summed E-state index contributed by atoms with van der Waals surface area (Å²) in [6, 6.07) is 1.92. The monoisotopic (exact) mass is 264 g/mol. The molecule has 1 aromatic rings. The molecule has 0 unspecified atom stereocenters. The Bertz CT molecular complexity index is 416. The van der Waals surface area contributed by atoms with Crippen LogP contribution in [0.25, 0.3) is 0 Å². The third-order valence-corrected chi connectivity index (χ3v) is 3.89. The van der Waals surface area contributed by atoms with Crippen molar-refractivity contribution in [2.24, 2.45) is 5.84 Å². The Morgan fingerprint density at radius 3 is 2.63 bits per heavy atom. The van der Waals surface area contributed by atoms with Crippen molar-refractivity contribution in [2.75, 3.05) is 12.5 Å². The van der Waals surface area contributed by atoms with Crippen LogP contribution in [0.3, 0.4) is 0 Å². The molecule has 1 fully saturated rings. The zero-order chi connectivity index (χ0) is 13.7. The van der Waals surface area contributed by atoms with E-state index in [9.17, 15) is 0 Å². The number of anilines is 1. The first-order valence-corrected chi connectivity index (χ1v) is 7.14. The standard InChI is InChI=1S/C14H24N4O/c1-3-7-11-10-12(18-15)17-13(16-11)14(19-2)8-5-4-6-9-14/h10H,3-9,15H2,1-2H3,(H,16,17,18). The number of aryl methyl sites for hydroxylation is 1. The van der Waals surface area contributed by atoms with Crippen LogP contribution in [0.4, 0.5) is 5.82 Å². The van der Waals surface area contributed by atoms with Crippen LogP contribution in [0.5, 0.6) is 0 Å². The van der Waals surface area contributed by atoms with E-state index < -0.39 is 0 Å². The van der Waals surface area contributed by atoms with Gasteiger partial charge in [-0.25, -0.2) is 15.8 Å². The maximum atomic E-state index is 5.80. The lowest BCUT2D eigenvalue weighted by atomic mass is 9.84. The van der Waals surface area contributed by atoms with Crippen molar-refractivity contribution in [3.8, 4) is 0 Å². The molecule has 0 aromatic carbocycles. The molecule has 0 atom stereocenters. The first-order valence-electron chi connectivity index (χ1n) is 7.14. The fourth-order valence-electron chi connectivity index (χ4n) is 2.80. The first-order chi connectivity index (χ1) is 9.24. The molecule has 5 nitrogen and oxygen atoms in total. The van der Waals surface area contributed by atoms with Crippen LogP contribution in [0.15, 0.2) is 6.07 Å². The van der Waals surface area contributed by atoms with Crippen LogP contribution in [0.2, 0.25) is 0 Å². The number of nitrogens with two attached hydrogens (primary N) is 1. The van der Waals surface area contributed by atoms with E-state index in [0.29, 0.717) is 5.82 Å². The van der Waals surface area contributed by atoms with Crippen molar-refractivity contribution in [3.05, 3.63) is 17.6 Å². The van der Waals surface area contributed by atoms with Gasteiger partial charge in [0.25, 0.3) is 0 Å². The predicted octanol–water partition coefficient (Wildman–Crippen LogP) is 2.52. The van der Waals surface area contributed by atoms with Gasteiger partial charge in [-0.2, -0.15) is 0 Å². The second-order valence-electron chi connectivity index (χ2n) is 5.22. The third kappa shape index (κ3) is 3.04. The van der Waals surface area contributed by atoms with Crippen LogP contribution in [-0.2, 0) is 16.8 Å². The molecule has 2 rings (SSSR count). The lowest BCUT2D eigenvalue weighted by Crippen LogP contribution is -2.34. The van der Waals surface area contributed by atoms with Crippen molar-refractivity contribution in [2.45, 2.75) is 57.5 Å². The van der Waals surface area contributed by atoms with Gasteiger partial charge < -0.3 is 10.2 Å². The molecule has 0 spiro atoms. The summed E-state index contributed by atoms with van der Waals surface area (Å²) < 4.78 is 5.80. The third-order valence-electron chi connectivity index (χ3n) is 3.89. The van der Waals surface area contributed by atoms with Crippen LogP contribution in [0.1, 0.15) is 57.0 Å². The summed E-state index contributed by atoms with van der Waals surface area (Å²) in [5.74, 6) is 6.98. The fraction of sp³-hybridized carbons (Fsp3) is 0.714. The fourth-order valence-corrected chi connectivity index (χ4v) is 2.80. The van der Waals surface area contributed by atoms with Gasteiger partial charge in [-0.3, -0.25) is 0 Å². The van der Waals surface area contributed by atoms with E-state index in [0.717, 1.165) is 37.2 Å². The van der Waals surface area contributed by atoms with Gasteiger partial charge >= 0.3 is 0 Å². The molecule has 1 heterocycles. The van der Waals surface area contributed by atoms with Crippen LogP contribution < -0.4 is 11.3 Å². The number of aromatic nitrogens is 2. The van der Waals surface area contributed by atoms with Gasteiger partial charge in [-0.15, -0.1) is 0 Å². The largest absolute Gasteiger partial charge is 0.370 e. The number of nitrogens with one attached hydrogen (secondary N) is 1. The zero-order valence-corrected chi connectivity index (χ0v) is 11.9. The van der Waals surface area contributed by atoms with Crippen molar-refractivity contribution in [1.82, 2.24) is 9.97 Å². The molecule has 1 aliphatic carbocycles. The maximum Gasteiger partial charge on any atom is 0.162 e. The Labute approximate surface area is 114 Å². The van der Waals surface area contributed by atoms with E-state index in [4.69, 9.17) is 15.6 Å². The highest BCUT2D eigenvalue weighted by molar-refractivity contribution is 5.35. The second-order valence-corrected chi connectivity index (χ2v) is 5.22. The van der Waals surface area contributed by atoms with Crippen LogP contribution >= 0.6 is 0 Å². The number of hydrogen-bond donors (Lipinski definition) is 2. The van der Waals surface area contributed by atoms with Gasteiger partial charge in [0.05, 0.1) is 0 Å².